The van der Waals surface area contributed by atoms with E-state index in [0.29, 0.717) is 19.3 Å². The zero-order valence-electron chi connectivity index (χ0n) is 11.5. The number of hydrogen-bond donors (Lipinski definition) is 2. The number of aliphatic hydroxyl groups is 1. The maximum atomic E-state index is 12.0. The fraction of sp³-hybridized carbons (Fsp3) is 0.533. The molecule has 4 heteroatoms. The minimum absolute atomic E-state index is 0.156. The van der Waals surface area contributed by atoms with E-state index in [1.54, 1.807) is 0 Å². The van der Waals surface area contributed by atoms with Gasteiger partial charge in [0.15, 0.2) is 6.10 Å². The number of fused-ring (bicyclic) bond motifs is 1. The van der Waals surface area contributed by atoms with Crippen LogP contribution >= 0.6 is 0 Å². The molecular weight excluding hydrogens is 242 g/mol. The van der Waals surface area contributed by atoms with Crippen LogP contribution in [0.2, 0.25) is 0 Å². The summed E-state index contributed by atoms with van der Waals surface area (Å²) in [6, 6.07) is 7.68. The summed E-state index contributed by atoms with van der Waals surface area (Å²) >= 11 is 0. The second-order valence-electron chi connectivity index (χ2n) is 5.07. The molecule has 1 amide bonds. The lowest BCUT2D eigenvalue weighted by molar-refractivity contribution is -0.128. The monoisotopic (exact) mass is 263 g/mol. The van der Waals surface area contributed by atoms with Gasteiger partial charge in [0.2, 0.25) is 0 Å². The molecule has 1 heterocycles. The Labute approximate surface area is 113 Å². The van der Waals surface area contributed by atoms with Crippen LogP contribution in [0.4, 0.5) is 0 Å². The second kappa shape index (κ2) is 5.61. The summed E-state index contributed by atoms with van der Waals surface area (Å²) in [6.45, 7) is 4.10. The Hall–Kier alpha value is -1.55. The summed E-state index contributed by atoms with van der Waals surface area (Å²) in [7, 11) is 0. The molecule has 0 saturated heterocycles. The first-order valence-electron chi connectivity index (χ1n) is 6.82. The SMILES string of the molecule is CCC(O)(CC)CNC(=O)C1Cc2ccccc2O1. The minimum Gasteiger partial charge on any atom is -0.480 e. The molecule has 0 spiro atoms. The zero-order valence-corrected chi connectivity index (χ0v) is 11.5. The zero-order chi connectivity index (χ0) is 13.9. The normalized spacial score (nSPS) is 17.7. The number of ether oxygens (including phenoxy) is 1. The summed E-state index contributed by atoms with van der Waals surface area (Å²) in [4.78, 5) is 12.0. The van der Waals surface area contributed by atoms with Gasteiger partial charge >= 0.3 is 0 Å². The van der Waals surface area contributed by atoms with Crippen molar-refractivity contribution in [2.75, 3.05) is 6.54 Å². The van der Waals surface area contributed by atoms with Crippen molar-refractivity contribution in [3.8, 4) is 5.75 Å². The average Bonchev–Trinajstić information content (AvgIpc) is 2.88. The molecule has 1 unspecified atom stereocenters. The number of nitrogens with one attached hydrogen (secondary N) is 1. The van der Waals surface area contributed by atoms with Crippen LogP contribution in [0.3, 0.4) is 0 Å². The quantitative estimate of drug-likeness (QED) is 0.849. The third kappa shape index (κ3) is 3.07. The van der Waals surface area contributed by atoms with Gasteiger partial charge in [0.1, 0.15) is 5.75 Å². The molecule has 0 aliphatic carbocycles. The first-order valence-corrected chi connectivity index (χ1v) is 6.82. The molecule has 0 aromatic heterocycles. The molecule has 0 radical (unpaired) electrons. The standard InChI is InChI=1S/C15H21NO3/c1-3-15(18,4-2)10-16-14(17)13-9-11-7-5-6-8-12(11)19-13/h5-8,13,18H,3-4,9-10H2,1-2H3,(H,16,17). The molecule has 1 aliphatic heterocycles. The molecule has 1 aromatic carbocycles. The number of benzene rings is 1. The first kappa shape index (κ1) is 13.9. The number of rotatable bonds is 5. The van der Waals surface area contributed by atoms with Crippen LogP contribution < -0.4 is 10.1 Å². The Morgan fingerprint density at radius 1 is 1.42 bits per heavy atom. The lowest BCUT2D eigenvalue weighted by atomic mass is 9.97. The van der Waals surface area contributed by atoms with Crippen molar-refractivity contribution in [2.24, 2.45) is 0 Å². The lowest BCUT2D eigenvalue weighted by Crippen LogP contribution is -2.46. The first-order chi connectivity index (χ1) is 9.08. The largest absolute Gasteiger partial charge is 0.480 e. The van der Waals surface area contributed by atoms with E-state index >= 15 is 0 Å². The van der Waals surface area contributed by atoms with E-state index in [0.717, 1.165) is 11.3 Å². The maximum Gasteiger partial charge on any atom is 0.261 e. The molecule has 104 valence electrons. The van der Waals surface area contributed by atoms with Gasteiger partial charge in [-0.25, -0.2) is 0 Å². The van der Waals surface area contributed by atoms with E-state index < -0.39 is 11.7 Å². The van der Waals surface area contributed by atoms with E-state index in [-0.39, 0.29) is 12.5 Å². The second-order valence-corrected chi connectivity index (χ2v) is 5.07. The van der Waals surface area contributed by atoms with Gasteiger partial charge in [-0.15, -0.1) is 0 Å². The summed E-state index contributed by atoms with van der Waals surface area (Å²) in [5.74, 6) is 0.625. The predicted molar refractivity (Wildman–Crippen MR) is 73.1 cm³/mol. The number of para-hydroxylation sites is 1. The van der Waals surface area contributed by atoms with E-state index in [1.165, 1.54) is 0 Å². The summed E-state index contributed by atoms with van der Waals surface area (Å²) in [6.07, 6.45) is 1.36. The number of hydrogen-bond acceptors (Lipinski definition) is 3. The van der Waals surface area contributed by atoms with Crippen molar-refractivity contribution in [3.05, 3.63) is 29.8 Å². The third-order valence-corrected chi connectivity index (χ3v) is 3.85. The van der Waals surface area contributed by atoms with Gasteiger partial charge in [0, 0.05) is 13.0 Å². The van der Waals surface area contributed by atoms with Crippen LogP contribution in [-0.2, 0) is 11.2 Å². The van der Waals surface area contributed by atoms with Crippen molar-refractivity contribution in [2.45, 2.75) is 44.8 Å². The fourth-order valence-corrected chi connectivity index (χ4v) is 2.19. The summed E-state index contributed by atoms with van der Waals surface area (Å²) < 4.78 is 5.61. The molecule has 0 fully saturated rings. The van der Waals surface area contributed by atoms with Crippen molar-refractivity contribution < 1.29 is 14.6 Å². The summed E-state index contributed by atoms with van der Waals surface area (Å²) in [5, 5.41) is 12.9. The molecule has 2 rings (SSSR count). The fourth-order valence-electron chi connectivity index (χ4n) is 2.19. The smallest absolute Gasteiger partial charge is 0.261 e. The number of carbonyl (C=O) groups is 1. The highest BCUT2D eigenvalue weighted by molar-refractivity contribution is 5.82. The third-order valence-electron chi connectivity index (χ3n) is 3.85. The van der Waals surface area contributed by atoms with Crippen LogP contribution in [0.1, 0.15) is 32.3 Å². The van der Waals surface area contributed by atoms with Crippen molar-refractivity contribution >= 4 is 5.91 Å². The highest BCUT2D eigenvalue weighted by Crippen LogP contribution is 2.28. The molecule has 1 aliphatic rings. The Bertz CT molecular complexity index is 429. The van der Waals surface area contributed by atoms with Crippen molar-refractivity contribution in [1.29, 1.82) is 0 Å². The summed E-state index contributed by atoms with van der Waals surface area (Å²) in [5.41, 5.74) is 0.241. The number of amides is 1. The highest BCUT2D eigenvalue weighted by atomic mass is 16.5. The molecular formula is C15H21NO3. The van der Waals surface area contributed by atoms with Gasteiger partial charge in [0.25, 0.3) is 5.91 Å². The Morgan fingerprint density at radius 2 is 2.11 bits per heavy atom. The van der Waals surface area contributed by atoms with Crippen LogP contribution in [-0.4, -0.2) is 29.3 Å². The minimum atomic E-state index is -0.818. The van der Waals surface area contributed by atoms with E-state index in [4.69, 9.17) is 4.74 Å². The molecule has 4 nitrogen and oxygen atoms in total. The van der Waals surface area contributed by atoms with Gasteiger partial charge in [-0.05, 0) is 24.5 Å². The average molecular weight is 263 g/mol. The van der Waals surface area contributed by atoms with Gasteiger partial charge in [0.05, 0.1) is 5.60 Å². The van der Waals surface area contributed by atoms with Crippen LogP contribution in [0.25, 0.3) is 0 Å². The van der Waals surface area contributed by atoms with Gasteiger partial charge in [-0.1, -0.05) is 32.0 Å². The highest BCUT2D eigenvalue weighted by Gasteiger charge is 2.30. The molecule has 19 heavy (non-hydrogen) atoms. The van der Waals surface area contributed by atoms with E-state index in [2.05, 4.69) is 5.32 Å². The molecule has 2 N–H and O–H groups in total. The molecule has 0 bridgehead atoms. The van der Waals surface area contributed by atoms with Gasteiger partial charge in [-0.2, -0.15) is 0 Å². The molecule has 1 aromatic rings. The van der Waals surface area contributed by atoms with E-state index in [9.17, 15) is 9.90 Å². The van der Waals surface area contributed by atoms with Crippen LogP contribution in [0.5, 0.6) is 5.75 Å². The predicted octanol–water partition coefficient (Wildman–Crippen LogP) is 1.66. The molecule has 1 atom stereocenters. The Kier molecular flexibility index (Phi) is 4.10. The van der Waals surface area contributed by atoms with Crippen molar-refractivity contribution in [3.63, 3.8) is 0 Å². The van der Waals surface area contributed by atoms with Crippen LogP contribution in [0, 0.1) is 0 Å². The Balaban J connectivity index is 1.90. The topological polar surface area (TPSA) is 58.6 Å². The number of carbonyl (C=O) groups excluding carboxylic acids is 1. The van der Waals surface area contributed by atoms with Gasteiger partial charge < -0.3 is 15.2 Å². The van der Waals surface area contributed by atoms with Crippen molar-refractivity contribution in [1.82, 2.24) is 5.32 Å². The van der Waals surface area contributed by atoms with Gasteiger partial charge in [-0.3, -0.25) is 4.79 Å². The van der Waals surface area contributed by atoms with E-state index in [1.807, 2.05) is 38.1 Å². The molecule has 0 saturated carbocycles. The maximum absolute atomic E-state index is 12.0. The van der Waals surface area contributed by atoms with Crippen LogP contribution in [0.15, 0.2) is 24.3 Å². The lowest BCUT2D eigenvalue weighted by Gasteiger charge is -2.26. The Morgan fingerprint density at radius 3 is 2.74 bits per heavy atom.